The number of nitrogens with one attached hydrogen (secondary N) is 3. The van der Waals surface area contributed by atoms with E-state index in [1.807, 2.05) is 66.7 Å². The molecule has 0 aromatic heterocycles. The molecule has 3 aromatic carbocycles. The highest BCUT2D eigenvalue weighted by atomic mass is 32.2. The van der Waals surface area contributed by atoms with E-state index in [0.29, 0.717) is 12.2 Å². The summed E-state index contributed by atoms with van der Waals surface area (Å²) in [5.41, 5.74) is 4.97. The van der Waals surface area contributed by atoms with Gasteiger partial charge >= 0.3 is 18.0 Å². The zero-order chi connectivity index (χ0) is 37.2. The first kappa shape index (κ1) is 37.9. The van der Waals surface area contributed by atoms with Crippen molar-refractivity contribution in [2.24, 2.45) is 0 Å². The molecule has 0 saturated carbocycles. The Labute approximate surface area is 305 Å². The Bertz CT molecular complexity index is 1740. The molecule has 4 amide bonds. The van der Waals surface area contributed by atoms with E-state index in [1.54, 1.807) is 18.4 Å². The van der Waals surface area contributed by atoms with E-state index in [1.165, 1.54) is 16.7 Å². The maximum absolute atomic E-state index is 14.1. The highest BCUT2D eigenvalue weighted by Gasteiger charge is 2.40. The summed E-state index contributed by atoms with van der Waals surface area (Å²) in [6, 6.07) is 19.9. The number of ether oxygens (including phenoxy) is 1. The van der Waals surface area contributed by atoms with Crippen molar-refractivity contribution in [1.82, 2.24) is 20.9 Å². The molecule has 274 valence electrons. The van der Waals surface area contributed by atoms with Gasteiger partial charge in [0.15, 0.2) is 0 Å². The summed E-state index contributed by atoms with van der Waals surface area (Å²) in [6.07, 6.45) is 1.05. The SMILES string of the molecule is CSCC[C@H](NC(=O)[C@H](CC(=O)O)NC(=O)[C@@H]1CCCN1C(=O)[C@H](Cc1ccccc1)NC(=O)OCC1c2ccccc2-c2ccccc21)C(=O)O. The summed E-state index contributed by atoms with van der Waals surface area (Å²) >= 11 is 1.38. The lowest BCUT2D eigenvalue weighted by atomic mass is 9.98. The average molecular weight is 731 g/mol. The summed E-state index contributed by atoms with van der Waals surface area (Å²) < 4.78 is 5.74. The van der Waals surface area contributed by atoms with E-state index < -0.39 is 66.3 Å². The molecule has 52 heavy (non-hydrogen) atoms. The Balaban J connectivity index is 1.28. The molecule has 0 spiro atoms. The van der Waals surface area contributed by atoms with Crippen LogP contribution in [0.3, 0.4) is 0 Å². The fraction of sp³-hybridized carbons (Fsp3) is 0.368. The number of carbonyl (C=O) groups is 6. The second kappa shape index (κ2) is 17.7. The van der Waals surface area contributed by atoms with Gasteiger partial charge in [0.05, 0.1) is 6.42 Å². The van der Waals surface area contributed by atoms with Gasteiger partial charge in [-0.05, 0) is 59.1 Å². The van der Waals surface area contributed by atoms with E-state index in [9.17, 15) is 39.0 Å². The van der Waals surface area contributed by atoms with Crippen molar-refractivity contribution in [2.75, 3.05) is 25.2 Å². The first-order chi connectivity index (χ1) is 25.1. The van der Waals surface area contributed by atoms with Crippen LogP contribution in [0.4, 0.5) is 4.79 Å². The summed E-state index contributed by atoms with van der Waals surface area (Å²) in [5.74, 6) is -4.70. The highest BCUT2D eigenvalue weighted by molar-refractivity contribution is 7.98. The lowest BCUT2D eigenvalue weighted by molar-refractivity contribution is -0.144. The number of benzene rings is 3. The summed E-state index contributed by atoms with van der Waals surface area (Å²) in [7, 11) is 0. The second-order valence-corrected chi connectivity index (χ2v) is 13.7. The molecule has 1 saturated heterocycles. The van der Waals surface area contributed by atoms with Gasteiger partial charge < -0.3 is 35.8 Å². The summed E-state index contributed by atoms with van der Waals surface area (Å²) in [5, 5.41) is 26.5. The number of fused-ring (bicyclic) bond motifs is 3. The number of rotatable bonds is 16. The molecule has 0 bridgehead atoms. The van der Waals surface area contributed by atoms with E-state index in [4.69, 9.17) is 4.74 Å². The smallest absolute Gasteiger partial charge is 0.407 e. The third-order valence-electron chi connectivity index (χ3n) is 9.29. The van der Waals surface area contributed by atoms with E-state index in [0.717, 1.165) is 27.8 Å². The molecule has 14 heteroatoms. The quantitative estimate of drug-likeness (QED) is 0.146. The number of carboxylic acids is 2. The van der Waals surface area contributed by atoms with Gasteiger partial charge in [0.1, 0.15) is 30.8 Å². The van der Waals surface area contributed by atoms with Gasteiger partial charge in [-0.2, -0.15) is 11.8 Å². The summed E-state index contributed by atoms with van der Waals surface area (Å²) in [6.45, 7) is 0.216. The molecule has 2 aliphatic rings. The number of amides is 4. The van der Waals surface area contributed by atoms with Crippen molar-refractivity contribution in [3.8, 4) is 11.1 Å². The molecule has 3 aromatic rings. The minimum Gasteiger partial charge on any atom is -0.481 e. The first-order valence-electron chi connectivity index (χ1n) is 17.1. The van der Waals surface area contributed by atoms with Crippen LogP contribution in [0, 0.1) is 0 Å². The second-order valence-electron chi connectivity index (χ2n) is 12.7. The molecule has 5 N–H and O–H groups in total. The van der Waals surface area contributed by atoms with Crippen LogP contribution in [-0.2, 0) is 35.1 Å². The van der Waals surface area contributed by atoms with Gasteiger partial charge in [-0.25, -0.2) is 9.59 Å². The number of carbonyl (C=O) groups excluding carboxylic acids is 4. The molecule has 4 atom stereocenters. The van der Waals surface area contributed by atoms with Crippen molar-refractivity contribution in [2.45, 2.75) is 62.2 Å². The Kier molecular flexibility index (Phi) is 12.9. The molecule has 1 fully saturated rings. The summed E-state index contributed by atoms with van der Waals surface area (Å²) in [4.78, 5) is 78.8. The Hall–Kier alpha value is -5.37. The van der Waals surface area contributed by atoms with Crippen molar-refractivity contribution in [3.05, 3.63) is 95.6 Å². The third kappa shape index (κ3) is 9.29. The predicted molar refractivity (Wildman–Crippen MR) is 194 cm³/mol. The zero-order valence-corrected chi connectivity index (χ0v) is 29.5. The monoisotopic (exact) mass is 730 g/mol. The van der Waals surface area contributed by atoms with Crippen molar-refractivity contribution >= 4 is 47.5 Å². The zero-order valence-electron chi connectivity index (χ0n) is 28.7. The van der Waals surface area contributed by atoms with Crippen molar-refractivity contribution < 1.29 is 43.7 Å². The molecule has 1 aliphatic heterocycles. The molecule has 1 aliphatic carbocycles. The first-order valence-corrected chi connectivity index (χ1v) is 18.5. The average Bonchev–Trinajstić information content (AvgIpc) is 3.75. The topological polar surface area (TPSA) is 191 Å². The van der Waals surface area contributed by atoms with Gasteiger partial charge in [-0.15, -0.1) is 0 Å². The molecule has 5 rings (SSSR count). The maximum atomic E-state index is 14.1. The van der Waals surface area contributed by atoms with Gasteiger partial charge in [0.2, 0.25) is 17.7 Å². The molecule has 13 nitrogen and oxygen atoms in total. The number of hydrogen-bond acceptors (Lipinski definition) is 8. The normalized spacial score (nSPS) is 16.5. The lowest BCUT2D eigenvalue weighted by Crippen LogP contribution is -2.58. The highest BCUT2D eigenvalue weighted by Crippen LogP contribution is 2.44. The van der Waals surface area contributed by atoms with Gasteiger partial charge in [0, 0.05) is 18.9 Å². The van der Waals surface area contributed by atoms with Crippen LogP contribution in [0.15, 0.2) is 78.9 Å². The van der Waals surface area contributed by atoms with Gasteiger partial charge in [-0.3, -0.25) is 19.2 Å². The van der Waals surface area contributed by atoms with E-state index >= 15 is 0 Å². The van der Waals surface area contributed by atoms with Crippen molar-refractivity contribution in [3.63, 3.8) is 0 Å². The fourth-order valence-corrected chi connectivity index (χ4v) is 7.22. The minimum absolute atomic E-state index is 0.0356. The Morgan fingerprint density at radius 3 is 2.08 bits per heavy atom. The van der Waals surface area contributed by atoms with Crippen LogP contribution in [0.25, 0.3) is 11.1 Å². The number of nitrogens with zero attached hydrogens (tertiary/aromatic N) is 1. The number of aliphatic carboxylic acids is 2. The van der Waals surface area contributed by atoms with Crippen LogP contribution in [0.1, 0.15) is 48.3 Å². The van der Waals surface area contributed by atoms with E-state index in [-0.39, 0.29) is 38.3 Å². The molecule has 0 radical (unpaired) electrons. The third-order valence-corrected chi connectivity index (χ3v) is 9.94. The van der Waals surface area contributed by atoms with E-state index in [2.05, 4.69) is 16.0 Å². The predicted octanol–water partition coefficient (Wildman–Crippen LogP) is 3.41. The Morgan fingerprint density at radius 2 is 1.46 bits per heavy atom. The van der Waals surface area contributed by atoms with Crippen LogP contribution in [0.2, 0.25) is 0 Å². The van der Waals surface area contributed by atoms with Crippen LogP contribution < -0.4 is 16.0 Å². The number of thioether (sulfide) groups is 1. The standard InChI is InChI=1S/C38H42N4O9S/c1-52-19-17-29(37(48)49)39-34(45)30(21-33(43)44)40-35(46)32-16-9-18-42(32)36(47)31(20-23-10-3-2-4-11-23)41-38(50)51-22-28-26-14-7-5-12-24(26)25-13-6-8-15-27(25)28/h2-8,10-15,28-32H,9,16-22H2,1H3,(H,39,45)(H,40,46)(H,41,50)(H,43,44)(H,48,49)/t29-,30-,31-,32-/m0/s1. The number of likely N-dealkylation sites (tertiary alicyclic amines) is 1. The number of carboxylic acid groups (broad SMARTS) is 2. The van der Waals surface area contributed by atoms with Crippen LogP contribution >= 0.6 is 11.8 Å². The Morgan fingerprint density at radius 1 is 0.827 bits per heavy atom. The molecule has 1 heterocycles. The molecule has 0 unspecified atom stereocenters. The lowest BCUT2D eigenvalue weighted by Gasteiger charge is -2.30. The van der Waals surface area contributed by atoms with Gasteiger partial charge in [-0.1, -0.05) is 78.9 Å². The van der Waals surface area contributed by atoms with Crippen molar-refractivity contribution in [1.29, 1.82) is 0 Å². The maximum Gasteiger partial charge on any atom is 0.407 e. The van der Waals surface area contributed by atoms with Crippen LogP contribution in [0.5, 0.6) is 0 Å². The fourth-order valence-electron chi connectivity index (χ4n) is 6.75. The number of alkyl carbamates (subject to hydrolysis) is 1. The molecular formula is C38H42N4O9S. The number of hydrogen-bond donors (Lipinski definition) is 5. The van der Waals surface area contributed by atoms with Gasteiger partial charge in [0.25, 0.3) is 0 Å². The largest absolute Gasteiger partial charge is 0.481 e. The molecular weight excluding hydrogens is 689 g/mol. The van der Waals surface area contributed by atoms with Crippen LogP contribution in [-0.4, -0.2) is 100 Å². The minimum atomic E-state index is -1.59.